The van der Waals surface area contributed by atoms with E-state index in [2.05, 4.69) is 5.32 Å². The van der Waals surface area contributed by atoms with E-state index in [0.717, 1.165) is 4.90 Å². The van der Waals surface area contributed by atoms with Crippen molar-refractivity contribution in [2.24, 2.45) is 5.73 Å². The van der Waals surface area contributed by atoms with Crippen LogP contribution in [0.1, 0.15) is 25.7 Å². The van der Waals surface area contributed by atoms with Crippen molar-refractivity contribution < 1.29 is 28.7 Å². The van der Waals surface area contributed by atoms with Gasteiger partial charge in [0.05, 0.1) is 26.4 Å². The molecule has 0 atom stereocenters. The number of nitrogens with two attached hydrogens (primary N) is 1. The van der Waals surface area contributed by atoms with Gasteiger partial charge in [-0.3, -0.25) is 24.1 Å². The van der Waals surface area contributed by atoms with Gasteiger partial charge in [-0.25, -0.2) is 0 Å². The first kappa shape index (κ1) is 19.0. The van der Waals surface area contributed by atoms with Gasteiger partial charge in [-0.1, -0.05) is 0 Å². The number of likely N-dealkylation sites (tertiary alicyclic amines) is 1. The van der Waals surface area contributed by atoms with E-state index < -0.39 is 5.91 Å². The molecule has 0 saturated carbocycles. The molecule has 0 aromatic rings. The molecule has 1 saturated heterocycles. The molecule has 1 rings (SSSR count). The quantitative estimate of drug-likeness (QED) is 0.333. The molecule has 0 aromatic carbocycles. The summed E-state index contributed by atoms with van der Waals surface area (Å²) in [7, 11) is 0. The minimum atomic E-state index is -0.411. The lowest BCUT2D eigenvalue weighted by molar-refractivity contribution is -0.138. The highest BCUT2D eigenvalue weighted by Crippen LogP contribution is 2.11. The standard InChI is InChI=1S/C14H23N3O6/c15-11(18)4-7-22-9-10-23-8-5-16-12(19)3-6-17-13(20)1-2-14(17)21/h1-10H2,(H2,15,18)(H,16,19). The molecule has 0 aromatic heterocycles. The number of amides is 4. The second-order valence-corrected chi connectivity index (χ2v) is 4.98. The summed E-state index contributed by atoms with van der Waals surface area (Å²) in [5.41, 5.74) is 4.95. The fourth-order valence-corrected chi connectivity index (χ4v) is 1.93. The minimum Gasteiger partial charge on any atom is -0.379 e. The third-order valence-corrected chi connectivity index (χ3v) is 3.15. The first-order valence-corrected chi connectivity index (χ1v) is 7.54. The zero-order chi connectivity index (χ0) is 17.1. The molecule has 0 bridgehead atoms. The SMILES string of the molecule is NC(=O)CCOCCOCCNC(=O)CCN1C(=O)CCC1=O. The van der Waals surface area contributed by atoms with Gasteiger partial charge in [0.2, 0.25) is 23.6 Å². The Morgan fingerprint density at radius 3 is 2.22 bits per heavy atom. The summed E-state index contributed by atoms with van der Waals surface area (Å²) in [5.74, 6) is -1.09. The van der Waals surface area contributed by atoms with Gasteiger partial charge in [0.25, 0.3) is 0 Å². The Morgan fingerprint density at radius 2 is 1.61 bits per heavy atom. The van der Waals surface area contributed by atoms with E-state index in [0.29, 0.717) is 26.4 Å². The van der Waals surface area contributed by atoms with Crippen molar-refractivity contribution in [1.82, 2.24) is 10.2 Å². The summed E-state index contributed by atoms with van der Waals surface area (Å²) >= 11 is 0. The molecule has 23 heavy (non-hydrogen) atoms. The van der Waals surface area contributed by atoms with E-state index >= 15 is 0 Å². The van der Waals surface area contributed by atoms with Crippen LogP contribution in [-0.2, 0) is 28.7 Å². The van der Waals surface area contributed by atoms with Gasteiger partial charge >= 0.3 is 0 Å². The fourth-order valence-electron chi connectivity index (χ4n) is 1.93. The summed E-state index contributed by atoms with van der Waals surface area (Å²) in [6, 6.07) is 0. The summed E-state index contributed by atoms with van der Waals surface area (Å²) in [5, 5.41) is 2.64. The molecule has 0 unspecified atom stereocenters. The average molecular weight is 329 g/mol. The maximum absolute atomic E-state index is 11.6. The molecule has 1 fully saturated rings. The van der Waals surface area contributed by atoms with Crippen molar-refractivity contribution in [3.63, 3.8) is 0 Å². The Bertz CT molecular complexity index is 424. The molecule has 9 nitrogen and oxygen atoms in total. The van der Waals surface area contributed by atoms with E-state index in [9.17, 15) is 19.2 Å². The minimum absolute atomic E-state index is 0.0910. The Labute approximate surface area is 134 Å². The summed E-state index contributed by atoms with van der Waals surface area (Å²) in [6.45, 7) is 1.75. The molecule has 1 aliphatic heterocycles. The number of rotatable bonds is 12. The smallest absolute Gasteiger partial charge is 0.229 e. The maximum Gasteiger partial charge on any atom is 0.229 e. The van der Waals surface area contributed by atoms with Crippen molar-refractivity contribution >= 4 is 23.6 Å². The Kier molecular flexibility index (Phi) is 8.85. The highest BCUT2D eigenvalue weighted by molar-refractivity contribution is 6.02. The van der Waals surface area contributed by atoms with Crippen molar-refractivity contribution in [1.29, 1.82) is 0 Å². The summed E-state index contributed by atoms with van der Waals surface area (Å²) < 4.78 is 10.3. The number of carbonyl (C=O) groups excluding carboxylic acids is 4. The van der Waals surface area contributed by atoms with Gasteiger partial charge in [0.1, 0.15) is 0 Å². The lowest BCUT2D eigenvalue weighted by Gasteiger charge is -2.13. The summed E-state index contributed by atoms with van der Waals surface area (Å²) in [4.78, 5) is 45.8. The van der Waals surface area contributed by atoms with E-state index in [-0.39, 0.29) is 56.6 Å². The number of nitrogens with zero attached hydrogens (tertiary/aromatic N) is 1. The van der Waals surface area contributed by atoms with Gasteiger partial charge in [0.15, 0.2) is 0 Å². The first-order valence-electron chi connectivity index (χ1n) is 7.54. The van der Waals surface area contributed by atoms with Gasteiger partial charge in [0, 0.05) is 38.8 Å². The molecule has 3 N–H and O–H groups in total. The molecule has 4 amide bonds. The number of hydrogen-bond donors (Lipinski definition) is 2. The van der Waals surface area contributed by atoms with Gasteiger partial charge in [-0.2, -0.15) is 0 Å². The third kappa shape index (κ3) is 8.27. The number of carbonyl (C=O) groups is 4. The van der Waals surface area contributed by atoms with Crippen LogP contribution in [-0.4, -0.2) is 68.0 Å². The predicted molar refractivity (Wildman–Crippen MR) is 79.0 cm³/mol. The van der Waals surface area contributed by atoms with E-state index in [1.807, 2.05) is 0 Å². The van der Waals surface area contributed by atoms with Crippen molar-refractivity contribution in [3.8, 4) is 0 Å². The monoisotopic (exact) mass is 329 g/mol. The summed E-state index contributed by atoms with van der Waals surface area (Å²) in [6.07, 6.45) is 0.734. The average Bonchev–Trinajstić information content (AvgIpc) is 2.82. The lowest BCUT2D eigenvalue weighted by atomic mass is 10.3. The van der Waals surface area contributed by atoms with Crippen LogP contribution in [0.15, 0.2) is 0 Å². The number of imide groups is 1. The molecule has 0 spiro atoms. The molecule has 9 heteroatoms. The highest BCUT2D eigenvalue weighted by atomic mass is 16.5. The van der Waals surface area contributed by atoms with Crippen LogP contribution in [0.4, 0.5) is 0 Å². The van der Waals surface area contributed by atoms with Crippen LogP contribution in [0, 0.1) is 0 Å². The third-order valence-electron chi connectivity index (χ3n) is 3.15. The molecule has 1 heterocycles. The molecular weight excluding hydrogens is 306 g/mol. The lowest BCUT2D eigenvalue weighted by Crippen LogP contribution is -2.35. The Balaban J connectivity index is 1.93. The molecule has 0 aliphatic carbocycles. The molecule has 130 valence electrons. The van der Waals surface area contributed by atoms with Crippen LogP contribution >= 0.6 is 0 Å². The first-order chi connectivity index (χ1) is 11.0. The van der Waals surface area contributed by atoms with E-state index in [1.54, 1.807) is 0 Å². The molecular formula is C14H23N3O6. The van der Waals surface area contributed by atoms with Crippen LogP contribution in [0.3, 0.4) is 0 Å². The maximum atomic E-state index is 11.6. The highest BCUT2D eigenvalue weighted by Gasteiger charge is 2.28. The Hall–Kier alpha value is -2.00. The molecule has 1 aliphatic rings. The van der Waals surface area contributed by atoms with E-state index in [4.69, 9.17) is 15.2 Å². The van der Waals surface area contributed by atoms with Gasteiger partial charge < -0.3 is 20.5 Å². The number of primary amides is 1. The number of hydrogen-bond acceptors (Lipinski definition) is 6. The normalized spacial score (nSPS) is 14.3. The Morgan fingerprint density at radius 1 is 1.00 bits per heavy atom. The number of ether oxygens (including phenoxy) is 2. The largest absolute Gasteiger partial charge is 0.379 e. The fraction of sp³-hybridized carbons (Fsp3) is 0.714. The van der Waals surface area contributed by atoms with Crippen LogP contribution in [0.25, 0.3) is 0 Å². The predicted octanol–water partition coefficient (Wildman–Crippen LogP) is -1.45. The van der Waals surface area contributed by atoms with Crippen molar-refractivity contribution in [2.45, 2.75) is 25.7 Å². The second kappa shape index (κ2) is 10.7. The topological polar surface area (TPSA) is 128 Å². The van der Waals surface area contributed by atoms with Crippen molar-refractivity contribution in [3.05, 3.63) is 0 Å². The second-order valence-electron chi connectivity index (χ2n) is 4.98. The van der Waals surface area contributed by atoms with Gasteiger partial charge in [-0.15, -0.1) is 0 Å². The molecule has 0 radical (unpaired) electrons. The van der Waals surface area contributed by atoms with Crippen LogP contribution < -0.4 is 11.1 Å². The zero-order valence-electron chi connectivity index (χ0n) is 13.0. The number of nitrogens with one attached hydrogen (secondary N) is 1. The van der Waals surface area contributed by atoms with Crippen LogP contribution in [0.2, 0.25) is 0 Å². The van der Waals surface area contributed by atoms with Crippen molar-refractivity contribution in [2.75, 3.05) is 39.5 Å². The zero-order valence-corrected chi connectivity index (χ0v) is 13.0. The van der Waals surface area contributed by atoms with Gasteiger partial charge in [-0.05, 0) is 0 Å². The van der Waals surface area contributed by atoms with E-state index in [1.165, 1.54) is 0 Å². The van der Waals surface area contributed by atoms with Crippen LogP contribution in [0.5, 0.6) is 0 Å².